The Labute approximate surface area is 105 Å². The normalized spacial score (nSPS) is 12.3. The lowest BCUT2D eigenvalue weighted by atomic mass is 10.0. The van der Waals surface area contributed by atoms with E-state index in [-0.39, 0.29) is 5.54 Å². The molecule has 86 valence electrons. The molecule has 1 heterocycles. The van der Waals surface area contributed by atoms with E-state index in [2.05, 4.69) is 51.7 Å². The van der Waals surface area contributed by atoms with Crippen LogP contribution in [0, 0.1) is 0 Å². The summed E-state index contributed by atoms with van der Waals surface area (Å²) in [5.41, 5.74) is 8.33. The molecular weight excluding hydrogens is 264 g/mol. The quantitative estimate of drug-likeness (QED) is 0.895. The molecule has 0 unspecified atom stereocenters. The van der Waals surface area contributed by atoms with Crippen molar-refractivity contribution in [1.82, 2.24) is 4.57 Å². The van der Waals surface area contributed by atoms with Crippen molar-refractivity contribution in [3.63, 3.8) is 0 Å². The molecule has 0 spiro atoms. The Balaban J connectivity index is 2.76. The first-order chi connectivity index (χ1) is 7.43. The highest BCUT2D eigenvalue weighted by atomic mass is 79.9. The average Bonchev–Trinajstić information content (AvgIpc) is 2.54. The lowest BCUT2D eigenvalue weighted by molar-refractivity contribution is 0.504. The van der Waals surface area contributed by atoms with Crippen molar-refractivity contribution in [3.8, 4) is 0 Å². The summed E-state index contributed by atoms with van der Waals surface area (Å²) in [7, 11) is 0. The molecule has 0 fully saturated rings. The second-order valence-electron chi connectivity index (χ2n) is 4.70. The first-order valence-electron chi connectivity index (χ1n) is 5.51. The van der Waals surface area contributed by atoms with Gasteiger partial charge in [-0.05, 0) is 45.0 Å². The van der Waals surface area contributed by atoms with Gasteiger partial charge < -0.3 is 10.3 Å². The Morgan fingerprint density at radius 1 is 1.31 bits per heavy atom. The molecule has 3 heteroatoms. The van der Waals surface area contributed by atoms with Crippen LogP contribution in [0.15, 0.2) is 28.7 Å². The van der Waals surface area contributed by atoms with Crippen LogP contribution in [0.25, 0.3) is 10.9 Å². The molecule has 2 rings (SSSR count). The number of hydrogen-bond donors (Lipinski definition) is 1. The van der Waals surface area contributed by atoms with Gasteiger partial charge in [-0.15, -0.1) is 0 Å². The molecule has 2 N–H and O–H groups in total. The fourth-order valence-electron chi connectivity index (χ4n) is 2.12. The number of aryl methyl sites for hydroxylation is 1. The predicted octanol–water partition coefficient (Wildman–Crippen LogP) is 3.62. The summed E-state index contributed by atoms with van der Waals surface area (Å²) in [6.07, 6.45) is 0. The molecule has 2 aromatic rings. The maximum absolute atomic E-state index is 6.20. The van der Waals surface area contributed by atoms with E-state index < -0.39 is 0 Å². The highest BCUT2D eigenvalue weighted by Gasteiger charge is 2.20. The fourth-order valence-corrected chi connectivity index (χ4v) is 2.50. The Kier molecular flexibility index (Phi) is 2.84. The van der Waals surface area contributed by atoms with E-state index in [1.807, 2.05) is 13.8 Å². The number of nitrogens with zero attached hydrogens (tertiary/aromatic N) is 1. The van der Waals surface area contributed by atoms with Crippen LogP contribution < -0.4 is 5.73 Å². The third-order valence-corrected chi connectivity index (χ3v) is 3.33. The maximum atomic E-state index is 6.20. The highest BCUT2D eigenvalue weighted by molar-refractivity contribution is 9.10. The van der Waals surface area contributed by atoms with Crippen molar-refractivity contribution in [1.29, 1.82) is 0 Å². The Bertz CT molecular complexity index is 520. The van der Waals surface area contributed by atoms with Gasteiger partial charge in [0.05, 0.1) is 5.54 Å². The van der Waals surface area contributed by atoms with Crippen LogP contribution in [0.5, 0.6) is 0 Å². The predicted molar refractivity (Wildman–Crippen MR) is 72.5 cm³/mol. The Hall–Kier alpha value is -0.800. The standard InChI is InChI=1S/C13H17BrN2/c1-4-16-11-6-5-10(14)7-9(11)8-12(16)13(2,3)15/h5-8H,4,15H2,1-3H3. The molecule has 1 aromatic carbocycles. The monoisotopic (exact) mass is 280 g/mol. The minimum absolute atomic E-state index is 0.304. The first kappa shape index (κ1) is 11.7. The second-order valence-corrected chi connectivity index (χ2v) is 5.61. The largest absolute Gasteiger partial charge is 0.343 e. The Morgan fingerprint density at radius 3 is 2.56 bits per heavy atom. The molecule has 0 saturated heterocycles. The molecule has 0 saturated carbocycles. The average molecular weight is 281 g/mol. The third-order valence-electron chi connectivity index (χ3n) is 2.84. The van der Waals surface area contributed by atoms with Gasteiger partial charge in [-0.2, -0.15) is 0 Å². The number of aromatic nitrogens is 1. The van der Waals surface area contributed by atoms with Gasteiger partial charge in [0.1, 0.15) is 0 Å². The summed E-state index contributed by atoms with van der Waals surface area (Å²) in [5.74, 6) is 0. The van der Waals surface area contributed by atoms with Crippen molar-refractivity contribution < 1.29 is 0 Å². The van der Waals surface area contributed by atoms with E-state index >= 15 is 0 Å². The fraction of sp³-hybridized carbons (Fsp3) is 0.385. The molecule has 16 heavy (non-hydrogen) atoms. The summed E-state index contributed by atoms with van der Waals surface area (Å²) < 4.78 is 3.39. The van der Waals surface area contributed by atoms with Crippen LogP contribution in [-0.2, 0) is 12.1 Å². The number of fused-ring (bicyclic) bond motifs is 1. The zero-order chi connectivity index (χ0) is 11.9. The van der Waals surface area contributed by atoms with Crippen LogP contribution in [-0.4, -0.2) is 4.57 Å². The van der Waals surface area contributed by atoms with E-state index in [4.69, 9.17) is 5.73 Å². The van der Waals surface area contributed by atoms with Gasteiger partial charge in [0.15, 0.2) is 0 Å². The number of halogens is 1. The first-order valence-corrected chi connectivity index (χ1v) is 6.31. The van der Waals surface area contributed by atoms with E-state index in [1.54, 1.807) is 0 Å². The van der Waals surface area contributed by atoms with Gasteiger partial charge in [-0.25, -0.2) is 0 Å². The van der Waals surface area contributed by atoms with Gasteiger partial charge >= 0.3 is 0 Å². The summed E-state index contributed by atoms with van der Waals surface area (Å²) >= 11 is 3.50. The van der Waals surface area contributed by atoms with Gasteiger partial charge in [0.2, 0.25) is 0 Å². The van der Waals surface area contributed by atoms with Crippen molar-refractivity contribution in [2.45, 2.75) is 32.9 Å². The lowest BCUT2D eigenvalue weighted by Gasteiger charge is -2.21. The van der Waals surface area contributed by atoms with Gasteiger partial charge in [0, 0.05) is 27.6 Å². The molecule has 0 atom stereocenters. The maximum Gasteiger partial charge on any atom is 0.0506 e. The van der Waals surface area contributed by atoms with Crippen LogP contribution in [0.2, 0.25) is 0 Å². The summed E-state index contributed by atoms with van der Waals surface area (Å²) in [4.78, 5) is 0. The van der Waals surface area contributed by atoms with Gasteiger partial charge in [-0.1, -0.05) is 15.9 Å². The molecular formula is C13H17BrN2. The summed E-state index contributed by atoms with van der Waals surface area (Å²) in [6, 6.07) is 8.53. The zero-order valence-corrected chi connectivity index (χ0v) is 11.5. The van der Waals surface area contributed by atoms with Gasteiger partial charge in [-0.3, -0.25) is 0 Å². The van der Waals surface area contributed by atoms with Crippen molar-refractivity contribution in [2.75, 3.05) is 0 Å². The van der Waals surface area contributed by atoms with E-state index in [9.17, 15) is 0 Å². The van der Waals surface area contributed by atoms with E-state index in [0.717, 1.165) is 11.0 Å². The molecule has 0 bridgehead atoms. The lowest BCUT2D eigenvalue weighted by Crippen LogP contribution is -2.31. The second kappa shape index (κ2) is 3.90. The molecule has 0 aliphatic carbocycles. The zero-order valence-electron chi connectivity index (χ0n) is 9.92. The summed E-state index contributed by atoms with van der Waals surface area (Å²) in [6.45, 7) is 7.18. The Morgan fingerprint density at radius 2 is 2.00 bits per heavy atom. The van der Waals surface area contributed by atoms with Crippen LogP contribution in [0.4, 0.5) is 0 Å². The molecule has 0 radical (unpaired) electrons. The van der Waals surface area contributed by atoms with Crippen LogP contribution in [0.1, 0.15) is 26.5 Å². The van der Waals surface area contributed by atoms with Crippen molar-refractivity contribution in [3.05, 3.63) is 34.4 Å². The van der Waals surface area contributed by atoms with Crippen molar-refractivity contribution >= 4 is 26.8 Å². The molecule has 1 aromatic heterocycles. The molecule has 0 amide bonds. The summed E-state index contributed by atoms with van der Waals surface area (Å²) in [5, 5.41) is 1.24. The highest BCUT2D eigenvalue weighted by Crippen LogP contribution is 2.28. The smallest absolute Gasteiger partial charge is 0.0506 e. The molecule has 0 aliphatic heterocycles. The number of benzene rings is 1. The van der Waals surface area contributed by atoms with Crippen LogP contribution >= 0.6 is 15.9 Å². The SMILES string of the molecule is CCn1c(C(C)(C)N)cc2cc(Br)ccc21. The van der Waals surface area contributed by atoms with E-state index in [1.165, 1.54) is 16.6 Å². The minimum atomic E-state index is -0.304. The molecule has 0 aliphatic rings. The topological polar surface area (TPSA) is 30.9 Å². The number of rotatable bonds is 2. The van der Waals surface area contributed by atoms with Crippen LogP contribution in [0.3, 0.4) is 0 Å². The number of hydrogen-bond acceptors (Lipinski definition) is 1. The minimum Gasteiger partial charge on any atom is -0.343 e. The third kappa shape index (κ3) is 1.89. The van der Waals surface area contributed by atoms with Crippen molar-refractivity contribution in [2.24, 2.45) is 5.73 Å². The van der Waals surface area contributed by atoms with E-state index in [0.29, 0.717) is 0 Å². The molecule has 2 nitrogen and oxygen atoms in total. The van der Waals surface area contributed by atoms with Gasteiger partial charge in [0.25, 0.3) is 0 Å². The number of nitrogens with two attached hydrogens (primary N) is 1.